The van der Waals surface area contributed by atoms with Crippen molar-refractivity contribution in [2.24, 2.45) is 0 Å². The summed E-state index contributed by atoms with van der Waals surface area (Å²) in [5.41, 5.74) is 0.730. The zero-order valence-electron chi connectivity index (χ0n) is 12.1. The first-order chi connectivity index (χ1) is 9.01. The van der Waals surface area contributed by atoms with Crippen LogP contribution in [0, 0.1) is 0 Å². The third-order valence-corrected chi connectivity index (χ3v) is 5.03. The molecule has 1 unspecified atom stereocenters. The van der Waals surface area contributed by atoms with Crippen LogP contribution < -0.4 is 5.32 Å². The van der Waals surface area contributed by atoms with Gasteiger partial charge in [0.2, 0.25) is 0 Å². The van der Waals surface area contributed by atoms with Crippen molar-refractivity contribution < 1.29 is 8.42 Å². The molecule has 1 aromatic rings. The number of rotatable bonds is 8. The van der Waals surface area contributed by atoms with Gasteiger partial charge in [0, 0.05) is 6.04 Å². The highest BCUT2D eigenvalue weighted by molar-refractivity contribution is 7.91. The fraction of sp³-hybridized carbons (Fsp3) is 0.600. The van der Waals surface area contributed by atoms with Crippen LogP contribution in [0.15, 0.2) is 29.2 Å². The third kappa shape index (κ3) is 4.86. The summed E-state index contributed by atoms with van der Waals surface area (Å²) >= 11 is 0. The molecule has 1 N–H and O–H groups in total. The summed E-state index contributed by atoms with van der Waals surface area (Å²) < 4.78 is 24.0. The highest BCUT2D eigenvalue weighted by atomic mass is 32.2. The van der Waals surface area contributed by atoms with Gasteiger partial charge in [-0.1, -0.05) is 45.2 Å². The monoisotopic (exact) mass is 283 g/mol. The van der Waals surface area contributed by atoms with E-state index in [1.54, 1.807) is 19.1 Å². The molecule has 0 radical (unpaired) electrons. The summed E-state index contributed by atoms with van der Waals surface area (Å²) in [4.78, 5) is 0.417. The Morgan fingerprint density at radius 3 is 2.47 bits per heavy atom. The van der Waals surface area contributed by atoms with Crippen LogP contribution >= 0.6 is 0 Å². The number of anilines is 1. The smallest absolute Gasteiger partial charge is 0.180 e. The van der Waals surface area contributed by atoms with Gasteiger partial charge in [0.25, 0.3) is 0 Å². The van der Waals surface area contributed by atoms with Gasteiger partial charge < -0.3 is 5.32 Å². The largest absolute Gasteiger partial charge is 0.382 e. The second-order valence-corrected chi connectivity index (χ2v) is 7.19. The molecule has 0 bridgehead atoms. The maximum absolute atomic E-state index is 12.0. The van der Waals surface area contributed by atoms with Crippen molar-refractivity contribution in [2.45, 2.75) is 57.4 Å². The fourth-order valence-corrected chi connectivity index (χ4v) is 3.11. The van der Waals surface area contributed by atoms with E-state index in [-0.39, 0.29) is 5.75 Å². The highest BCUT2D eigenvalue weighted by Gasteiger charge is 2.16. The van der Waals surface area contributed by atoms with E-state index in [9.17, 15) is 8.42 Å². The lowest BCUT2D eigenvalue weighted by atomic mass is 10.1. The van der Waals surface area contributed by atoms with Crippen LogP contribution in [0.2, 0.25) is 0 Å². The minimum atomic E-state index is -3.16. The summed E-state index contributed by atoms with van der Waals surface area (Å²) in [5.74, 6) is 0.135. The molecular formula is C15H25NO2S. The van der Waals surface area contributed by atoms with Crippen LogP contribution in [-0.2, 0) is 9.84 Å². The number of hydrogen-bond acceptors (Lipinski definition) is 3. The van der Waals surface area contributed by atoms with Crippen LogP contribution in [0.4, 0.5) is 5.69 Å². The average molecular weight is 283 g/mol. The predicted molar refractivity (Wildman–Crippen MR) is 81.4 cm³/mol. The molecule has 0 saturated heterocycles. The Hall–Kier alpha value is -1.03. The van der Waals surface area contributed by atoms with Crippen molar-refractivity contribution in [1.29, 1.82) is 0 Å². The molecule has 0 spiro atoms. The van der Waals surface area contributed by atoms with Gasteiger partial charge in [0.05, 0.1) is 16.3 Å². The Labute approximate surface area is 117 Å². The first kappa shape index (κ1) is 16.0. The SMILES string of the molecule is CCCCCC(C)Nc1ccccc1S(=O)(=O)CC. The third-order valence-electron chi connectivity index (χ3n) is 3.24. The molecule has 0 aromatic heterocycles. The molecule has 0 aliphatic heterocycles. The molecule has 0 fully saturated rings. The van der Waals surface area contributed by atoms with Crippen molar-refractivity contribution >= 4 is 15.5 Å². The Bertz CT molecular complexity index is 483. The Morgan fingerprint density at radius 1 is 1.16 bits per heavy atom. The summed E-state index contributed by atoms with van der Waals surface area (Å²) in [6.45, 7) is 5.96. The summed E-state index contributed by atoms with van der Waals surface area (Å²) in [5, 5.41) is 3.33. The predicted octanol–water partition coefficient (Wildman–Crippen LogP) is 3.86. The first-order valence-electron chi connectivity index (χ1n) is 7.09. The summed E-state index contributed by atoms with van der Waals surface area (Å²) in [7, 11) is -3.16. The van der Waals surface area contributed by atoms with Crippen molar-refractivity contribution in [1.82, 2.24) is 0 Å². The lowest BCUT2D eigenvalue weighted by Gasteiger charge is -2.17. The van der Waals surface area contributed by atoms with Crippen molar-refractivity contribution in [3.63, 3.8) is 0 Å². The van der Waals surface area contributed by atoms with Gasteiger partial charge in [-0.3, -0.25) is 0 Å². The second kappa shape index (κ2) is 7.53. The quantitative estimate of drug-likeness (QED) is 0.737. The van der Waals surface area contributed by atoms with Gasteiger partial charge in [-0.25, -0.2) is 8.42 Å². The topological polar surface area (TPSA) is 46.2 Å². The van der Waals surface area contributed by atoms with Crippen LogP contribution in [0.1, 0.15) is 46.5 Å². The summed E-state index contributed by atoms with van der Waals surface area (Å²) in [6.07, 6.45) is 4.66. The second-order valence-electron chi connectivity index (χ2n) is 4.94. The highest BCUT2D eigenvalue weighted by Crippen LogP contribution is 2.23. The molecular weight excluding hydrogens is 258 g/mol. The first-order valence-corrected chi connectivity index (χ1v) is 8.74. The van der Waals surface area contributed by atoms with E-state index in [0.29, 0.717) is 10.9 Å². The van der Waals surface area contributed by atoms with E-state index >= 15 is 0 Å². The molecule has 0 aliphatic carbocycles. The molecule has 19 heavy (non-hydrogen) atoms. The molecule has 108 valence electrons. The van der Waals surface area contributed by atoms with E-state index in [4.69, 9.17) is 0 Å². The van der Waals surface area contributed by atoms with E-state index < -0.39 is 9.84 Å². The fourth-order valence-electron chi connectivity index (χ4n) is 2.05. The van der Waals surface area contributed by atoms with Crippen LogP contribution in [-0.4, -0.2) is 20.2 Å². The molecule has 0 saturated carbocycles. The minimum absolute atomic E-state index is 0.135. The van der Waals surface area contributed by atoms with Gasteiger partial charge in [-0.15, -0.1) is 0 Å². The van der Waals surface area contributed by atoms with E-state index in [1.807, 2.05) is 12.1 Å². The number of nitrogens with one attached hydrogen (secondary N) is 1. The molecule has 1 rings (SSSR count). The lowest BCUT2D eigenvalue weighted by Crippen LogP contribution is -2.17. The van der Waals surface area contributed by atoms with Crippen molar-refractivity contribution in [2.75, 3.05) is 11.1 Å². The van der Waals surface area contributed by atoms with Crippen molar-refractivity contribution in [3.05, 3.63) is 24.3 Å². The molecule has 1 atom stereocenters. The van der Waals surface area contributed by atoms with Gasteiger partial charge in [-0.05, 0) is 25.5 Å². The van der Waals surface area contributed by atoms with Crippen LogP contribution in [0.3, 0.4) is 0 Å². The van der Waals surface area contributed by atoms with E-state index in [2.05, 4.69) is 19.2 Å². The Morgan fingerprint density at radius 2 is 1.84 bits per heavy atom. The Balaban J connectivity index is 2.79. The molecule has 4 heteroatoms. The maximum Gasteiger partial charge on any atom is 0.180 e. The molecule has 0 aliphatic rings. The molecule has 0 heterocycles. The molecule has 0 amide bonds. The number of hydrogen-bond donors (Lipinski definition) is 1. The Kier molecular flexibility index (Phi) is 6.35. The van der Waals surface area contributed by atoms with Crippen LogP contribution in [0.25, 0.3) is 0 Å². The number of benzene rings is 1. The van der Waals surface area contributed by atoms with Gasteiger partial charge in [-0.2, -0.15) is 0 Å². The summed E-state index contributed by atoms with van der Waals surface area (Å²) in [6, 6.07) is 7.46. The maximum atomic E-state index is 12.0. The van der Waals surface area contributed by atoms with Gasteiger partial charge in [0.15, 0.2) is 9.84 Å². The van der Waals surface area contributed by atoms with Crippen LogP contribution in [0.5, 0.6) is 0 Å². The average Bonchev–Trinajstić information content (AvgIpc) is 2.39. The normalized spacial score (nSPS) is 13.2. The van der Waals surface area contributed by atoms with E-state index in [1.165, 1.54) is 19.3 Å². The molecule has 3 nitrogen and oxygen atoms in total. The van der Waals surface area contributed by atoms with Crippen molar-refractivity contribution in [3.8, 4) is 0 Å². The number of para-hydroxylation sites is 1. The minimum Gasteiger partial charge on any atom is -0.382 e. The number of sulfone groups is 1. The van der Waals surface area contributed by atoms with E-state index in [0.717, 1.165) is 12.1 Å². The lowest BCUT2D eigenvalue weighted by molar-refractivity contribution is 0.596. The zero-order valence-corrected chi connectivity index (χ0v) is 13.0. The standard InChI is InChI=1S/C15H25NO2S/c1-4-6-7-10-13(3)16-14-11-8-9-12-15(14)19(17,18)5-2/h8-9,11-13,16H,4-7,10H2,1-3H3. The zero-order chi connectivity index (χ0) is 14.3. The molecule has 1 aromatic carbocycles. The van der Waals surface area contributed by atoms with Gasteiger partial charge >= 0.3 is 0 Å². The van der Waals surface area contributed by atoms with Gasteiger partial charge in [0.1, 0.15) is 0 Å². The number of unbranched alkanes of at least 4 members (excludes halogenated alkanes) is 2.